The van der Waals surface area contributed by atoms with E-state index in [0.717, 1.165) is 37.0 Å². The second-order valence-electron chi connectivity index (χ2n) is 8.53. The minimum atomic E-state index is -0.0138. The van der Waals surface area contributed by atoms with Crippen molar-refractivity contribution < 1.29 is 19.1 Å². The van der Waals surface area contributed by atoms with Crippen molar-refractivity contribution in [3.63, 3.8) is 0 Å². The van der Waals surface area contributed by atoms with E-state index in [1.165, 1.54) is 0 Å². The zero-order valence-electron chi connectivity index (χ0n) is 18.7. The Morgan fingerprint density at radius 1 is 0.969 bits per heavy atom. The van der Waals surface area contributed by atoms with Crippen LogP contribution in [-0.4, -0.2) is 42.0 Å². The number of carbonyl (C=O) groups excluding carboxylic acids is 2. The molecule has 0 spiro atoms. The van der Waals surface area contributed by atoms with E-state index in [-0.39, 0.29) is 11.8 Å². The Morgan fingerprint density at radius 2 is 1.66 bits per heavy atom. The number of ether oxygens (including phenoxy) is 2. The van der Waals surface area contributed by atoms with Gasteiger partial charge < -0.3 is 19.7 Å². The number of rotatable bonds is 12. The summed E-state index contributed by atoms with van der Waals surface area (Å²) in [4.78, 5) is 27.0. The lowest BCUT2D eigenvalue weighted by atomic mass is 10.1. The van der Waals surface area contributed by atoms with Crippen LogP contribution in [-0.2, 0) is 11.3 Å². The van der Waals surface area contributed by atoms with Crippen LogP contribution in [0.15, 0.2) is 48.5 Å². The van der Waals surface area contributed by atoms with Crippen molar-refractivity contribution in [1.82, 2.24) is 10.2 Å². The summed E-state index contributed by atoms with van der Waals surface area (Å²) in [5, 5.41) is 3.00. The van der Waals surface area contributed by atoms with Crippen LogP contribution in [0.2, 0.25) is 0 Å². The fourth-order valence-corrected chi connectivity index (χ4v) is 3.66. The van der Waals surface area contributed by atoms with Gasteiger partial charge in [0.25, 0.3) is 5.91 Å². The van der Waals surface area contributed by atoms with E-state index in [2.05, 4.69) is 5.32 Å². The van der Waals surface area contributed by atoms with E-state index in [4.69, 9.17) is 9.47 Å². The molecule has 0 saturated heterocycles. The molecule has 2 aromatic carbocycles. The summed E-state index contributed by atoms with van der Waals surface area (Å²) in [5.74, 6) is 1.59. The molecule has 2 aliphatic rings. The first-order chi connectivity index (χ1) is 15.6. The molecule has 1 N–H and O–H groups in total. The number of hydrogen-bond donors (Lipinski definition) is 1. The van der Waals surface area contributed by atoms with E-state index in [1.807, 2.05) is 60.4 Å². The molecule has 2 aromatic rings. The summed E-state index contributed by atoms with van der Waals surface area (Å²) in [7, 11) is 0. The first kappa shape index (κ1) is 22.2. The number of para-hydroxylation sites is 2. The summed E-state index contributed by atoms with van der Waals surface area (Å²) >= 11 is 0. The lowest BCUT2D eigenvalue weighted by molar-refractivity contribution is -0.132. The number of hydrogen-bond acceptors (Lipinski definition) is 4. The minimum absolute atomic E-state index is 0.0138. The van der Waals surface area contributed by atoms with E-state index in [1.54, 1.807) is 0 Å². The summed E-state index contributed by atoms with van der Waals surface area (Å²) in [6.07, 6.45) is 5.38. The van der Waals surface area contributed by atoms with Crippen LogP contribution in [0.1, 0.15) is 61.4 Å². The minimum Gasteiger partial charge on any atom is -0.490 e. The van der Waals surface area contributed by atoms with E-state index in [0.29, 0.717) is 56.0 Å². The molecule has 0 aromatic heterocycles. The van der Waals surface area contributed by atoms with Crippen molar-refractivity contribution in [2.24, 2.45) is 0 Å². The third-order valence-electron chi connectivity index (χ3n) is 5.73. The van der Waals surface area contributed by atoms with Crippen LogP contribution < -0.4 is 14.8 Å². The molecule has 0 heterocycles. The van der Waals surface area contributed by atoms with Gasteiger partial charge in [-0.2, -0.15) is 0 Å². The van der Waals surface area contributed by atoms with Crippen molar-refractivity contribution in [2.45, 2.75) is 64.1 Å². The monoisotopic (exact) mass is 436 g/mol. The summed E-state index contributed by atoms with van der Waals surface area (Å²) in [6.45, 7) is 3.58. The van der Waals surface area contributed by atoms with E-state index in [9.17, 15) is 9.59 Å². The third-order valence-corrected chi connectivity index (χ3v) is 5.73. The molecular formula is C26H32N2O4. The molecule has 6 nitrogen and oxygen atoms in total. The Morgan fingerprint density at radius 3 is 2.28 bits per heavy atom. The van der Waals surface area contributed by atoms with Crippen molar-refractivity contribution in [2.75, 3.05) is 13.2 Å². The molecule has 0 atom stereocenters. The lowest BCUT2D eigenvalue weighted by Crippen LogP contribution is -2.32. The maximum absolute atomic E-state index is 12.9. The van der Waals surface area contributed by atoms with Gasteiger partial charge in [0.15, 0.2) is 11.5 Å². The van der Waals surface area contributed by atoms with Crippen LogP contribution >= 0.6 is 0 Å². The summed E-state index contributed by atoms with van der Waals surface area (Å²) in [5.41, 5.74) is 1.73. The molecular weight excluding hydrogens is 404 g/mol. The van der Waals surface area contributed by atoms with Crippen LogP contribution in [0.3, 0.4) is 0 Å². The number of amides is 2. The maximum atomic E-state index is 12.9. The van der Waals surface area contributed by atoms with Crippen LogP contribution in [0, 0.1) is 0 Å². The Kier molecular flexibility index (Phi) is 7.30. The standard InChI is InChI=1S/C26H32N2O4/c1-2-31-23-6-3-4-7-24(23)32-17-5-8-25(29)28(22-15-16-22)18-19-9-11-20(12-10-19)26(30)27-21-13-14-21/h3-4,6-7,9-12,21-22H,2,5,8,13-18H2,1H3,(H,27,30). The predicted molar refractivity (Wildman–Crippen MR) is 123 cm³/mol. The smallest absolute Gasteiger partial charge is 0.251 e. The molecule has 6 heteroatoms. The topological polar surface area (TPSA) is 67.9 Å². The normalized spacial score (nSPS) is 15.2. The van der Waals surface area contributed by atoms with Crippen molar-refractivity contribution in [3.05, 3.63) is 59.7 Å². The van der Waals surface area contributed by atoms with Gasteiger partial charge in [0.05, 0.1) is 13.2 Å². The zero-order valence-corrected chi connectivity index (χ0v) is 18.7. The fraction of sp³-hybridized carbons (Fsp3) is 0.462. The van der Waals surface area contributed by atoms with Gasteiger partial charge in [-0.3, -0.25) is 9.59 Å². The van der Waals surface area contributed by atoms with Gasteiger partial charge in [-0.25, -0.2) is 0 Å². The van der Waals surface area contributed by atoms with Gasteiger partial charge in [0, 0.05) is 30.6 Å². The molecule has 0 unspecified atom stereocenters. The molecule has 2 saturated carbocycles. The molecule has 170 valence electrons. The number of carbonyl (C=O) groups is 2. The fourth-order valence-electron chi connectivity index (χ4n) is 3.66. The Bertz CT molecular complexity index is 920. The highest BCUT2D eigenvalue weighted by atomic mass is 16.5. The maximum Gasteiger partial charge on any atom is 0.251 e. The highest BCUT2D eigenvalue weighted by Gasteiger charge is 2.32. The van der Waals surface area contributed by atoms with Gasteiger partial charge in [0.1, 0.15) is 0 Å². The Hall–Kier alpha value is -3.02. The van der Waals surface area contributed by atoms with Crippen LogP contribution in [0.4, 0.5) is 0 Å². The predicted octanol–water partition coefficient (Wildman–Crippen LogP) is 4.33. The van der Waals surface area contributed by atoms with Crippen molar-refractivity contribution in [1.29, 1.82) is 0 Å². The van der Waals surface area contributed by atoms with Gasteiger partial charge in [-0.15, -0.1) is 0 Å². The Labute approximate surface area is 189 Å². The summed E-state index contributed by atoms with van der Waals surface area (Å²) in [6, 6.07) is 15.9. The SMILES string of the molecule is CCOc1ccccc1OCCCC(=O)N(Cc1ccc(C(=O)NC2CC2)cc1)C1CC1. The van der Waals surface area contributed by atoms with Crippen molar-refractivity contribution >= 4 is 11.8 Å². The molecule has 0 bridgehead atoms. The highest BCUT2D eigenvalue weighted by Crippen LogP contribution is 2.30. The molecule has 32 heavy (non-hydrogen) atoms. The lowest BCUT2D eigenvalue weighted by Gasteiger charge is -2.23. The third kappa shape index (κ3) is 6.25. The molecule has 2 aliphatic carbocycles. The van der Waals surface area contributed by atoms with E-state index >= 15 is 0 Å². The first-order valence-corrected chi connectivity index (χ1v) is 11.7. The van der Waals surface area contributed by atoms with Gasteiger partial charge in [-0.1, -0.05) is 24.3 Å². The average molecular weight is 437 g/mol. The van der Waals surface area contributed by atoms with Crippen molar-refractivity contribution in [3.8, 4) is 11.5 Å². The quantitative estimate of drug-likeness (QED) is 0.503. The molecule has 2 amide bonds. The van der Waals surface area contributed by atoms with Crippen LogP contribution in [0.5, 0.6) is 11.5 Å². The first-order valence-electron chi connectivity index (χ1n) is 11.7. The second kappa shape index (κ2) is 10.5. The van der Waals surface area contributed by atoms with E-state index < -0.39 is 0 Å². The van der Waals surface area contributed by atoms with Gasteiger partial charge >= 0.3 is 0 Å². The zero-order chi connectivity index (χ0) is 22.3. The number of benzene rings is 2. The molecule has 0 radical (unpaired) electrons. The summed E-state index contributed by atoms with van der Waals surface area (Å²) < 4.78 is 11.4. The Balaban J connectivity index is 1.25. The van der Waals surface area contributed by atoms with Gasteiger partial charge in [-0.05, 0) is 68.9 Å². The largest absolute Gasteiger partial charge is 0.490 e. The molecule has 0 aliphatic heterocycles. The number of nitrogens with zero attached hydrogens (tertiary/aromatic N) is 1. The highest BCUT2D eigenvalue weighted by molar-refractivity contribution is 5.94. The second-order valence-corrected chi connectivity index (χ2v) is 8.53. The molecule has 2 fully saturated rings. The van der Waals surface area contributed by atoms with Crippen LogP contribution in [0.25, 0.3) is 0 Å². The average Bonchev–Trinajstić information content (AvgIpc) is 3.72. The number of nitrogens with one attached hydrogen (secondary N) is 1. The molecule has 4 rings (SSSR count). The van der Waals surface area contributed by atoms with Gasteiger partial charge in [0.2, 0.25) is 5.91 Å².